The van der Waals surface area contributed by atoms with E-state index >= 15 is 0 Å². The predicted molar refractivity (Wildman–Crippen MR) is 52.7 cm³/mol. The van der Waals surface area contributed by atoms with Crippen molar-refractivity contribution in [1.29, 1.82) is 0 Å². The van der Waals surface area contributed by atoms with Crippen LogP contribution < -0.4 is 5.32 Å². The second-order valence-corrected chi connectivity index (χ2v) is 4.00. The van der Waals surface area contributed by atoms with Gasteiger partial charge < -0.3 is 9.64 Å². The summed E-state index contributed by atoms with van der Waals surface area (Å²) in [6.07, 6.45) is 5.69. The van der Waals surface area contributed by atoms with E-state index in [1.54, 1.807) is 0 Å². The molecule has 2 rings (SSSR count). The molecule has 0 bridgehead atoms. The molecule has 0 saturated carbocycles. The number of nitrogens with one attached hydrogen (secondary N) is 1. The first-order valence-electron chi connectivity index (χ1n) is 5.52. The van der Waals surface area contributed by atoms with Crippen molar-refractivity contribution in [3.05, 3.63) is 0 Å². The van der Waals surface area contributed by atoms with Crippen LogP contribution in [-0.2, 0) is 4.74 Å². The summed E-state index contributed by atoms with van der Waals surface area (Å²) in [6.45, 7) is 5.73. The summed E-state index contributed by atoms with van der Waals surface area (Å²) in [6, 6.07) is 0. The maximum Gasteiger partial charge on any atom is 0.109 e. The van der Waals surface area contributed by atoms with Gasteiger partial charge in [0.1, 0.15) is 6.23 Å². The fourth-order valence-corrected chi connectivity index (χ4v) is 2.15. The Labute approximate surface area is 80.4 Å². The average molecular weight is 184 g/mol. The lowest BCUT2D eigenvalue weighted by Crippen LogP contribution is -2.34. The number of piperidine rings is 1. The van der Waals surface area contributed by atoms with Gasteiger partial charge in [-0.05, 0) is 32.4 Å². The fourth-order valence-electron chi connectivity index (χ4n) is 2.15. The van der Waals surface area contributed by atoms with E-state index in [9.17, 15) is 0 Å². The molecule has 2 aliphatic rings. The zero-order valence-corrected chi connectivity index (χ0v) is 8.30. The van der Waals surface area contributed by atoms with Gasteiger partial charge in [0.15, 0.2) is 0 Å². The Morgan fingerprint density at radius 2 is 2.08 bits per heavy atom. The highest BCUT2D eigenvalue weighted by Gasteiger charge is 2.16. The maximum atomic E-state index is 5.51. The van der Waals surface area contributed by atoms with E-state index in [1.807, 2.05) is 0 Å². The van der Waals surface area contributed by atoms with Crippen LogP contribution in [0.4, 0.5) is 0 Å². The van der Waals surface area contributed by atoms with Gasteiger partial charge >= 0.3 is 0 Å². The molecule has 2 heterocycles. The van der Waals surface area contributed by atoms with Gasteiger partial charge in [-0.3, -0.25) is 5.32 Å². The minimum absolute atomic E-state index is 0.335. The minimum Gasteiger partial charge on any atom is -0.362 e. The molecule has 0 aromatic heterocycles. The molecule has 2 fully saturated rings. The molecule has 13 heavy (non-hydrogen) atoms. The van der Waals surface area contributed by atoms with Crippen molar-refractivity contribution < 1.29 is 4.74 Å². The van der Waals surface area contributed by atoms with Crippen molar-refractivity contribution in [2.45, 2.75) is 31.9 Å². The molecule has 0 aromatic rings. The number of likely N-dealkylation sites (tertiary alicyclic amines) is 1. The standard InChI is InChI=1S/C10H20N2O/c1-2-6-12(7-3-1)8-4-10-11-5-9-13-10/h10-11H,1-9H2. The number of hydrogen-bond donors (Lipinski definition) is 1. The highest BCUT2D eigenvalue weighted by atomic mass is 16.5. The molecule has 76 valence electrons. The molecule has 1 atom stereocenters. The van der Waals surface area contributed by atoms with Crippen LogP contribution in [-0.4, -0.2) is 43.9 Å². The summed E-state index contributed by atoms with van der Waals surface area (Å²) >= 11 is 0. The molecule has 0 amide bonds. The molecule has 2 aliphatic heterocycles. The van der Waals surface area contributed by atoms with Crippen LogP contribution in [0.2, 0.25) is 0 Å². The van der Waals surface area contributed by atoms with Gasteiger partial charge in [-0.2, -0.15) is 0 Å². The zero-order valence-electron chi connectivity index (χ0n) is 8.30. The molecule has 2 saturated heterocycles. The Morgan fingerprint density at radius 1 is 1.23 bits per heavy atom. The quantitative estimate of drug-likeness (QED) is 0.702. The summed E-state index contributed by atoms with van der Waals surface area (Å²) in [5.74, 6) is 0. The van der Waals surface area contributed by atoms with Gasteiger partial charge in [-0.25, -0.2) is 0 Å². The lowest BCUT2D eigenvalue weighted by molar-refractivity contribution is 0.0797. The normalized spacial score (nSPS) is 30.9. The molecule has 3 nitrogen and oxygen atoms in total. The average Bonchev–Trinajstić information content (AvgIpc) is 2.69. The largest absolute Gasteiger partial charge is 0.362 e. The van der Waals surface area contributed by atoms with Crippen LogP contribution in [0.1, 0.15) is 25.7 Å². The Balaban J connectivity index is 1.60. The van der Waals surface area contributed by atoms with E-state index in [0.29, 0.717) is 6.23 Å². The molecular weight excluding hydrogens is 164 g/mol. The van der Waals surface area contributed by atoms with Crippen LogP contribution in [0.3, 0.4) is 0 Å². The number of hydrogen-bond acceptors (Lipinski definition) is 3. The fraction of sp³-hybridized carbons (Fsp3) is 1.00. The molecule has 3 heteroatoms. The van der Waals surface area contributed by atoms with E-state index in [4.69, 9.17) is 4.74 Å². The highest BCUT2D eigenvalue weighted by molar-refractivity contribution is 4.69. The van der Waals surface area contributed by atoms with Crippen molar-refractivity contribution in [2.75, 3.05) is 32.8 Å². The minimum atomic E-state index is 0.335. The van der Waals surface area contributed by atoms with E-state index in [0.717, 1.165) is 19.6 Å². The first-order chi connectivity index (χ1) is 6.45. The highest BCUT2D eigenvalue weighted by Crippen LogP contribution is 2.10. The lowest BCUT2D eigenvalue weighted by atomic mass is 10.1. The Kier molecular flexibility index (Phi) is 3.58. The van der Waals surface area contributed by atoms with Gasteiger partial charge in [0.2, 0.25) is 0 Å². The van der Waals surface area contributed by atoms with Crippen LogP contribution in [0.25, 0.3) is 0 Å². The number of rotatable bonds is 3. The van der Waals surface area contributed by atoms with E-state index < -0.39 is 0 Å². The second-order valence-electron chi connectivity index (χ2n) is 4.00. The summed E-state index contributed by atoms with van der Waals surface area (Å²) in [4.78, 5) is 2.56. The Morgan fingerprint density at radius 3 is 2.77 bits per heavy atom. The maximum absolute atomic E-state index is 5.51. The first-order valence-corrected chi connectivity index (χ1v) is 5.52. The third-order valence-electron chi connectivity index (χ3n) is 2.95. The van der Waals surface area contributed by atoms with Crippen molar-refractivity contribution in [2.24, 2.45) is 0 Å². The van der Waals surface area contributed by atoms with Crippen molar-refractivity contribution in [3.63, 3.8) is 0 Å². The predicted octanol–water partition coefficient (Wildman–Crippen LogP) is 0.808. The van der Waals surface area contributed by atoms with E-state index in [-0.39, 0.29) is 0 Å². The van der Waals surface area contributed by atoms with E-state index in [1.165, 1.54) is 38.9 Å². The van der Waals surface area contributed by atoms with Crippen molar-refractivity contribution in [1.82, 2.24) is 10.2 Å². The SMILES string of the molecule is C1CCN(CCC2NCCO2)CC1. The molecular formula is C10H20N2O. The first kappa shape index (κ1) is 9.44. The van der Waals surface area contributed by atoms with Crippen LogP contribution in [0, 0.1) is 0 Å². The second kappa shape index (κ2) is 4.94. The van der Waals surface area contributed by atoms with Gasteiger partial charge in [0, 0.05) is 13.1 Å². The molecule has 0 spiro atoms. The molecule has 0 aromatic carbocycles. The van der Waals surface area contributed by atoms with Gasteiger partial charge in [-0.1, -0.05) is 6.42 Å². The van der Waals surface area contributed by atoms with Crippen LogP contribution in [0.5, 0.6) is 0 Å². The lowest BCUT2D eigenvalue weighted by Gasteiger charge is -2.27. The van der Waals surface area contributed by atoms with Gasteiger partial charge in [-0.15, -0.1) is 0 Å². The van der Waals surface area contributed by atoms with Gasteiger partial charge in [0.05, 0.1) is 6.61 Å². The van der Waals surface area contributed by atoms with Crippen molar-refractivity contribution in [3.8, 4) is 0 Å². The number of nitrogens with zero attached hydrogens (tertiary/aromatic N) is 1. The molecule has 1 unspecified atom stereocenters. The van der Waals surface area contributed by atoms with Crippen LogP contribution >= 0.6 is 0 Å². The summed E-state index contributed by atoms with van der Waals surface area (Å²) < 4.78 is 5.51. The third kappa shape index (κ3) is 2.93. The van der Waals surface area contributed by atoms with Crippen molar-refractivity contribution >= 4 is 0 Å². The molecule has 1 N–H and O–H groups in total. The van der Waals surface area contributed by atoms with E-state index in [2.05, 4.69) is 10.2 Å². The Bertz CT molecular complexity index is 140. The summed E-state index contributed by atoms with van der Waals surface area (Å²) in [5, 5.41) is 3.35. The summed E-state index contributed by atoms with van der Waals surface area (Å²) in [7, 11) is 0. The zero-order chi connectivity index (χ0) is 8.93. The van der Waals surface area contributed by atoms with Gasteiger partial charge in [0.25, 0.3) is 0 Å². The topological polar surface area (TPSA) is 24.5 Å². The third-order valence-corrected chi connectivity index (χ3v) is 2.95. The monoisotopic (exact) mass is 184 g/mol. The summed E-state index contributed by atoms with van der Waals surface area (Å²) in [5.41, 5.74) is 0. The van der Waals surface area contributed by atoms with Crippen LogP contribution in [0.15, 0.2) is 0 Å². The Hall–Kier alpha value is -0.120. The number of ether oxygens (including phenoxy) is 1. The molecule has 0 radical (unpaired) electrons. The smallest absolute Gasteiger partial charge is 0.109 e. The molecule has 0 aliphatic carbocycles.